The molecule has 2 aromatic carbocycles. The number of carbonyl (C=O) groups excluding carboxylic acids is 2. The summed E-state index contributed by atoms with van der Waals surface area (Å²) in [5.74, 6) is -0.0722. The summed E-state index contributed by atoms with van der Waals surface area (Å²) in [6.45, 7) is 9.26. The Labute approximate surface area is 156 Å². The minimum Gasteiger partial charge on any atom is -0.326 e. The smallest absolute Gasteiger partial charge is 0.279 e. The second kappa shape index (κ2) is 8.28. The maximum Gasteiger partial charge on any atom is 0.279 e. The van der Waals surface area contributed by atoms with E-state index in [0.29, 0.717) is 17.8 Å². The maximum absolute atomic E-state index is 12.3. The lowest BCUT2D eigenvalue weighted by molar-refractivity contribution is -0.885. The van der Waals surface area contributed by atoms with Crippen molar-refractivity contribution in [3.8, 4) is 0 Å². The zero-order chi connectivity index (χ0) is 19.3. The molecule has 1 unspecified atom stereocenters. The van der Waals surface area contributed by atoms with Crippen molar-refractivity contribution in [1.29, 1.82) is 0 Å². The molecule has 2 aromatic rings. The van der Waals surface area contributed by atoms with Crippen molar-refractivity contribution in [2.45, 2.75) is 39.7 Å². The van der Waals surface area contributed by atoms with E-state index in [1.54, 1.807) is 24.3 Å². The molecule has 0 saturated heterocycles. The highest BCUT2D eigenvalue weighted by Crippen LogP contribution is 2.21. The number of carbonyl (C=O) groups is 2. The van der Waals surface area contributed by atoms with Gasteiger partial charge in [0.1, 0.15) is 6.54 Å². The van der Waals surface area contributed by atoms with Crippen LogP contribution in [-0.4, -0.2) is 25.3 Å². The van der Waals surface area contributed by atoms with Crippen LogP contribution in [0.2, 0.25) is 0 Å². The van der Waals surface area contributed by atoms with Gasteiger partial charge in [-0.05, 0) is 30.0 Å². The van der Waals surface area contributed by atoms with E-state index in [2.05, 4.69) is 50.4 Å². The monoisotopic (exact) mass is 353 g/mol. The first kappa shape index (κ1) is 19.9. The molecule has 4 heteroatoms. The Hall–Kier alpha value is -2.46. The Morgan fingerprint density at radius 3 is 2.27 bits per heavy atom. The van der Waals surface area contributed by atoms with Crippen molar-refractivity contribution in [1.82, 2.24) is 0 Å². The van der Waals surface area contributed by atoms with Gasteiger partial charge < -0.3 is 10.2 Å². The van der Waals surface area contributed by atoms with Crippen LogP contribution in [0.1, 0.15) is 49.2 Å². The van der Waals surface area contributed by atoms with Crippen LogP contribution in [0.25, 0.3) is 0 Å². The molecule has 0 aliphatic carbocycles. The lowest BCUT2D eigenvalue weighted by Gasteiger charge is -2.19. The number of benzene rings is 2. The van der Waals surface area contributed by atoms with E-state index in [9.17, 15) is 9.59 Å². The van der Waals surface area contributed by atoms with Crippen LogP contribution >= 0.6 is 0 Å². The summed E-state index contributed by atoms with van der Waals surface area (Å²) in [5, 5.41) is 2.87. The standard InChI is InChI=1S/C22H28N2O2/c1-16(25)18-7-6-8-20(13-18)23-21(26)15-24(5)14-17-9-11-19(12-10-17)22(2,3)4/h6-13H,14-15H2,1-5H3,(H,23,26)/p+1. The molecule has 0 radical (unpaired) electrons. The normalized spacial score (nSPS) is 12.5. The number of hydrogen-bond acceptors (Lipinski definition) is 2. The Morgan fingerprint density at radius 1 is 1.04 bits per heavy atom. The molecule has 1 atom stereocenters. The summed E-state index contributed by atoms with van der Waals surface area (Å²) in [7, 11) is 2.00. The van der Waals surface area contributed by atoms with Gasteiger partial charge in [-0.25, -0.2) is 0 Å². The topological polar surface area (TPSA) is 50.6 Å². The molecule has 1 amide bonds. The maximum atomic E-state index is 12.3. The van der Waals surface area contributed by atoms with Crippen LogP contribution < -0.4 is 10.2 Å². The van der Waals surface area contributed by atoms with E-state index in [1.807, 2.05) is 7.05 Å². The van der Waals surface area contributed by atoms with E-state index in [-0.39, 0.29) is 17.1 Å². The number of rotatable bonds is 6. The Bertz CT molecular complexity index is 773. The summed E-state index contributed by atoms with van der Waals surface area (Å²) in [5.41, 5.74) is 3.92. The Morgan fingerprint density at radius 2 is 1.69 bits per heavy atom. The first-order valence-corrected chi connectivity index (χ1v) is 8.97. The second-order valence-corrected chi connectivity index (χ2v) is 7.94. The van der Waals surface area contributed by atoms with Crippen molar-refractivity contribution in [2.75, 3.05) is 18.9 Å². The molecule has 0 spiro atoms. The SMILES string of the molecule is CC(=O)c1cccc(NC(=O)C[NH+](C)Cc2ccc(C(C)(C)C)cc2)c1. The van der Waals surface area contributed by atoms with Crippen LogP contribution in [-0.2, 0) is 16.8 Å². The molecule has 4 nitrogen and oxygen atoms in total. The van der Waals surface area contributed by atoms with Gasteiger partial charge in [-0.15, -0.1) is 0 Å². The third kappa shape index (κ3) is 5.81. The molecule has 2 rings (SSSR count). The number of anilines is 1. The summed E-state index contributed by atoms with van der Waals surface area (Å²) < 4.78 is 0. The van der Waals surface area contributed by atoms with Crippen LogP contribution in [0, 0.1) is 0 Å². The first-order chi connectivity index (χ1) is 12.1. The number of hydrogen-bond donors (Lipinski definition) is 2. The lowest BCUT2D eigenvalue weighted by atomic mass is 9.87. The minimum atomic E-state index is -0.0606. The highest BCUT2D eigenvalue weighted by molar-refractivity contribution is 5.97. The number of ketones is 1. The number of amides is 1. The van der Waals surface area contributed by atoms with Gasteiger partial charge in [-0.2, -0.15) is 0 Å². The van der Waals surface area contributed by atoms with E-state index in [1.165, 1.54) is 18.1 Å². The van der Waals surface area contributed by atoms with Crippen LogP contribution in [0.15, 0.2) is 48.5 Å². The minimum absolute atomic E-state index is 0.0115. The number of nitrogens with one attached hydrogen (secondary N) is 2. The molecule has 26 heavy (non-hydrogen) atoms. The molecule has 0 bridgehead atoms. The van der Waals surface area contributed by atoms with Crippen molar-refractivity contribution in [3.63, 3.8) is 0 Å². The van der Waals surface area contributed by atoms with Crippen molar-refractivity contribution in [3.05, 3.63) is 65.2 Å². The largest absolute Gasteiger partial charge is 0.326 e. The zero-order valence-corrected chi connectivity index (χ0v) is 16.3. The molecule has 0 fully saturated rings. The van der Waals surface area contributed by atoms with Gasteiger partial charge in [-0.3, -0.25) is 9.59 Å². The molecular formula is C22H29N2O2+. The van der Waals surface area contributed by atoms with Crippen molar-refractivity contribution in [2.24, 2.45) is 0 Å². The quantitative estimate of drug-likeness (QED) is 0.785. The average Bonchev–Trinajstić information content (AvgIpc) is 2.54. The fourth-order valence-corrected chi connectivity index (χ4v) is 2.83. The zero-order valence-electron chi connectivity index (χ0n) is 16.3. The number of Topliss-reactive ketones (excluding diaryl/α,β-unsaturated/α-hetero) is 1. The van der Waals surface area contributed by atoms with Crippen molar-refractivity contribution >= 4 is 17.4 Å². The van der Waals surface area contributed by atoms with Gasteiger partial charge in [0.2, 0.25) is 0 Å². The molecular weight excluding hydrogens is 324 g/mol. The lowest BCUT2D eigenvalue weighted by Crippen LogP contribution is -3.08. The van der Waals surface area contributed by atoms with Crippen LogP contribution in [0.4, 0.5) is 5.69 Å². The third-order valence-corrected chi connectivity index (χ3v) is 4.34. The van der Waals surface area contributed by atoms with Crippen LogP contribution in [0.5, 0.6) is 0 Å². The molecule has 0 saturated carbocycles. The van der Waals surface area contributed by atoms with Gasteiger partial charge in [0.25, 0.3) is 5.91 Å². The van der Waals surface area contributed by atoms with Gasteiger partial charge in [0.15, 0.2) is 12.3 Å². The predicted octanol–water partition coefficient (Wildman–Crippen LogP) is 2.84. The molecule has 2 N–H and O–H groups in total. The molecule has 0 aromatic heterocycles. The van der Waals surface area contributed by atoms with E-state index in [0.717, 1.165) is 11.4 Å². The first-order valence-electron chi connectivity index (χ1n) is 8.97. The van der Waals surface area contributed by atoms with E-state index < -0.39 is 0 Å². The number of likely N-dealkylation sites (N-methyl/N-ethyl adjacent to an activating group) is 1. The Kier molecular flexibility index (Phi) is 6.32. The third-order valence-electron chi connectivity index (χ3n) is 4.34. The van der Waals surface area contributed by atoms with Gasteiger partial charge in [-0.1, -0.05) is 57.2 Å². The Balaban J connectivity index is 1.91. The fourth-order valence-electron chi connectivity index (χ4n) is 2.83. The summed E-state index contributed by atoms with van der Waals surface area (Å²) >= 11 is 0. The molecule has 0 aliphatic heterocycles. The molecule has 138 valence electrons. The van der Waals surface area contributed by atoms with E-state index >= 15 is 0 Å². The average molecular weight is 353 g/mol. The highest BCUT2D eigenvalue weighted by Gasteiger charge is 2.15. The summed E-state index contributed by atoms with van der Waals surface area (Å²) in [6, 6.07) is 15.6. The van der Waals surface area contributed by atoms with Gasteiger partial charge >= 0.3 is 0 Å². The fraction of sp³-hybridized carbons (Fsp3) is 0.364. The highest BCUT2D eigenvalue weighted by atomic mass is 16.2. The predicted molar refractivity (Wildman–Crippen MR) is 106 cm³/mol. The van der Waals surface area contributed by atoms with Crippen molar-refractivity contribution < 1.29 is 14.5 Å². The second-order valence-electron chi connectivity index (χ2n) is 7.94. The van der Waals surface area contributed by atoms with E-state index in [4.69, 9.17) is 0 Å². The molecule has 0 aliphatic rings. The number of quaternary nitrogens is 1. The van der Waals surface area contributed by atoms with Gasteiger partial charge in [0, 0.05) is 16.8 Å². The summed E-state index contributed by atoms with van der Waals surface area (Å²) in [4.78, 5) is 24.8. The molecule has 0 heterocycles. The summed E-state index contributed by atoms with van der Waals surface area (Å²) in [6.07, 6.45) is 0. The van der Waals surface area contributed by atoms with Crippen LogP contribution in [0.3, 0.4) is 0 Å². The van der Waals surface area contributed by atoms with Gasteiger partial charge in [0.05, 0.1) is 7.05 Å².